The Balaban J connectivity index is 3.59. The number of ether oxygens (including phenoxy) is 1. The third-order valence-corrected chi connectivity index (χ3v) is 6.51. The monoisotopic (exact) mass is 522 g/mol. The zero-order chi connectivity index (χ0) is 26.4. The van der Waals surface area contributed by atoms with E-state index in [1.165, 1.54) is 51.4 Å². The van der Waals surface area contributed by atoms with Gasteiger partial charge < -0.3 is 19.2 Å². The van der Waals surface area contributed by atoms with Crippen LogP contribution in [0.15, 0.2) is 12.2 Å². The summed E-state index contributed by atoms with van der Waals surface area (Å²) in [7, 11) is 1.56. The first-order valence-corrected chi connectivity index (χ1v) is 15.0. The Hall–Kier alpha value is -0.760. The van der Waals surface area contributed by atoms with Gasteiger partial charge in [-0.1, -0.05) is 70.4 Å². The van der Waals surface area contributed by atoms with Crippen molar-refractivity contribution in [1.82, 2.24) is 0 Å². The highest BCUT2D eigenvalue weighted by Crippen LogP contribution is 2.43. The molecule has 0 aliphatic carbocycles. The van der Waals surface area contributed by atoms with Crippen LogP contribution < -0.4 is 0 Å². The number of unbranched alkanes of at least 4 members (excludes halogenated alkanes) is 11. The van der Waals surface area contributed by atoms with Gasteiger partial charge in [-0.05, 0) is 32.1 Å². The van der Waals surface area contributed by atoms with Gasteiger partial charge in [0.2, 0.25) is 0 Å². The minimum absolute atomic E-state index is 0.0539. The summed E-state index contributed by atoms with van der Waals surface area (Å²) in [6, 6.07) is 0. The molecule has 0 saturated heterocycles. The number of carbonyl (C=O) groups is 1. The molecule has 0 spiro atoms. The molecule has 0 aliphatic heterocycles. The molecular weight excluding hydrogens is 469 g/mol. The van der Waals surface area contributed by atoms with Crippen molar-refractivity contribution >= 4 is 13.8 Å². The van der Waals surface area contributed by atoms with Gasteiger partial charge in [0, 0.05) is 6.42 Å². The van der Waals surface area contributed by atoms with Crippen LogP contribution in [0, 0.1) is 0 Å². The molecule has 0 aliphatic rings. The van der Waals surface area contributed by atoms with Gasteiger partial charge in [-0.25, -0.2) is 4.57 Å². The van der Waals surface area contributed by atoms with Crippen molar-refractivity contribution in [3.63, 3.8) is 0 Å². The molecule has 9 heteroatoms. The summed E-state index contributed by atoms with van der Waals surface area (Å²) in [5.41, 5.74) is 0. The maximum absolute atomic E-state index is 11.8. The Morgan fingerprint density at radius 2 is 1.40 bits per heavy atom. The highest BCUT2D eigenvalue weighted by Gasteiger charge is 2.24. The Labute approximate surface area is 214 Å². The number of aliphatic hydroxyl groups excluding tert-OH is 1. The number of hydrogen-bond acceptors (Lipinski definition) is 6. The highest BCUT2D eigenvalue weighted by atomic mass is 31.2. The minimum atomic E-state index is -4.24. The summed E-state index contributed by atoms with van der Waals surface area (Å²) < 4.78 is 27.0. The molecule has 35 heavy (non-hydrogen) atoms. The lowest BCUT2D eigenvalue weighted by Gasteiger charge is -2.24. The highest BCUT2D eigenvalue weighted by molar-refractivity contribution is 7.47. The van der Waals surface area contributed by atoms with E-state index in [1.807, 2.05) is 21.1 Å². The Bertz CT molecular complexity index is 593. The van der Waals surface area contributed by atoms with Gasteiger partial charge >= 0.3 is 13.8 Å². The molecule has 8 nitrogen and oxygen atoms in total. The summed E-state index contributed by atoms with van der Waals surface area (Å²) in [4.78, 5) is 21.4. The molecule has 1 unspecified atom stereocenters. The SMILES string of the molecule is CCCCCCCC/C=C\CCCCCCCC(=O)OC[C@@H](O)COP(=O)(O)OCC[N+](C)(C)C. The first-order chi connectivity index (χ1) is 16.6. The predicted molar refractivity (Wildman–Crippen MR) is 141 cm³/mol. The van der Waals surface area contributed by atoms with Crippen LogP contribution in [-0.2, 0) is 23.1 Å². The van der Waals surface area contributed by atoms with Gasteiger partial charge in [0.15, 0.2) is 0 Å². The molecule has 0 heterocycles. The molecule has 0 saturated carbocycles. The molecule has 2 atom stereocenters. The number of nitrogens with zero attached hydrogens (tertiary/aromatic N) is 1. The van der Waals surface area contributed by atoms with Crippen LogP contribution in [0.5, 0.6) is 0 Å². The third-order valence-electron chi connectivity index (χ3n) is 5.53. The van der Waals surface area contributed by atoms with E-state index >= 15 is 0 Å². The van der Waals surface area contributed by atoms with Gasteiger partial charge in [0.1, 0.15) is 25.9 Å². The topological polar surface area (TPSA) is 102 Å². The number of quaternary nitrogens is 1. The van der Waals surface area contributed by atoms with E-state index < -0.39 is 20.5 Å². The summed E-state index contributed by atoms with van der Waals surface area (Å²) in [6.07, 6.45) is 19.2. The fourth-order valence-electron chi connectivity index (χ4n) is 3.30. The average Bonchev–Trinajstić information content (AvgIpc) is 2.78. The van der Waals surface area contributed by atoms with E-state index in [9.17, 15) is 19.4 Å². The maximum atomic E-state index is 11.8. The first-order valence-electron chi connectivity index (χ1n) is 13.5. The molecule has 0 aromatic rings. The molecule has 208 valence electrons. The van der Waals surface area contributed by atoms with Crippen LogP contribution >= 0.6 is 7.82 Å². The number of allylic oxidation sites excluding steroid dienone is 2. The van der Waals surface area contributed by atoms with Gasteiger partial charge in [0.05, 0.1) is 27.7 Å². The molecule has 0 radical (unpaired) electrons. The Morgan fingerprint density at radius 3 is 1.97 bits per heavy atom. The van der Waals surface area contributed by atoms with Gasteiger partial charge in [-0.2, -0.15) is 0 Å². The second-order valence-electron chi connectivity index (χ2n) is 10.3. The second kappa shape index (κ2) is 21.3. The van der Waals surface area contributed by atoms with Crippen LogP contribution in [0.25, 0.3) is 0 Å². The van der Waals surface area contributed by atoms with Gasteiger partial charge in [-0.3, -0.25) is 13.8 Å². The maximum Gasteiger partial charge on any atom is 0.472 e. The lowest BCUT2D eigenvalue weighted by Crippen LogP contribution is -2.37. The zero-order valence-corrected chi connectivity index (χ0v) is 23.7. The quantitative estimate of drug-likeness (QED) is 0.0546. The van der Waals surface area contributed by atoms with Crippen LogP contribution in [0.2, 0.25) is 0 Å². The number of hydrogen-bond donors (Lipinski definition) is 2. The summed E-state index contributed by atoms with van der Waals surface area (Å²) in [5, 5.41) is 9.82. The second-order valence-corrected chi connectivity index (χ2v) is 11.7. The lowest BCUT2D eigenvalue weighted by molar-refractivity contribution is -0.870. The van der Waals surface area contributed by atoms with Crippen molar-refractivity contribution in [2.45, 2.75) is 103 Å². The van der Waals surface area contributed by atoms with Crippen molar-refractivity contribution in [1.29, 1.82) is 0 Å². The molecule has 0 rings (SSSR count). The smallest absolute Gasteiger partial charge is 0.463 e. The van der Waals surface area contributed by atoms with E-state index in [0.29, 0.717) is 17.4 Å². The molecule has 0 aromatic heterocycles. The number of phosphoric ester groups is 1. The number of aliphatic hydroxyl groups is 1. The fourth-order valence-corrected chi connectivity index (χ4v) is 4.04. The number of carbonyl (C=O) groups excluding carboxylic acids is 1. The molecule has 0 amide bonds. The molecular formula is C26H53NO7P+. The van der Waals surface area contributed by atoms with E-state index in [1.54, 1.807) is 0 Å². The van der Waals surface area contributed by atoms with Crippen molar-refractivity contribution in [3.05, 3.63) is 12.2 Å². The summed E-state index contributed by atoms with van der Waals surface area (Å²) in [5.74, 6) is -0.381. The number of esters is 1. The largest absolute Gasteiger partial charge is 0.472 e. The predicted octanol–water partition coefficient (Wildman–Crippen LogP) is 5.77. The average molecular weight is 523 g/mol. The standard InChI is InChI=1S/C26H52NO7P/c1-5-6-7-8-9-10-11-12-13-14-15-16-17-18-19-20-26(29)32-23-25(28)24-34-35(30,31)33-22-21-27(2,3)4/h12-13,25,28H,5-11,14-24H2,1-4H3/p+1/b13-12-/t25-/m1/s1. The van der Waals surface area contributed by atoms with Crippen LogP contribution in [-0.4, -0.2) is 74.1 Å². The fraction of sp³-hybridized carbons (Fsp3) is 0.885. The van der Waals surface area contributed by atoms with Gasteiger partial charge in [-0.15, -0.1) is 0 Å². The van der Waals surface area contributed by atoms with Gasteiger partial charge in [0.25, 0.3) is 0 Å². The summed E-state index contributed by atoms with van der Waals surface area (Å²) in [6.45, 7) is 2.11. The van der Waals surface area contributed by atoms with E-state index in [-0.39, 0.29) is 19.2 Å². The number of likely N-dealkylation sites (N-methyl/N-ethyl adjacent to an activating group) is 1. The molecule has 0 aromatic carbocycles. The molecule has 0 bridgehead atoms. The lowest BCUT2D eigenvalue weighted by atomic mass is 10.1. The van der Waals surface area contributed by atoms with Crippen molar-refractivity contribution < 1.29 is 37.6 Å². The Morgan fingerprint density at radius 1 is 0.857 bits per heavy atom. The normalized spacial score (nSPS) is 14.8. The van der Waals surface area contributed by atoms with E-state index in [2.05, 4.69) is 19.1 Å². The van der Waals surface area contributed by atoms with Crippen molar-refractivity contribution in [2.75, 3.05) is 47.5 Å². The van der Waals surface area contributed by atoms with E-state index in [0.717, 1.165) is 32.1 Å². The molecule has 2 N–H and O–H groups in total. The Kier molecular flexibility index (Phi) is 20.9. The van der Waals surface area contributed by atoms with Crippen LogP contribution in [0.1, 0.15) is 96.8 Å². The molecule has 0 fully saturated rings. The van der Waals surface area contributed by atoms with Crippen molar-refractivity contribution in [3.8, 4) is 0 Å². The minimum Gasteiger partial charge on any atom is -0.463 e. The number of phosphoric acid groups is 1. The first kappa shape index (κ1) is 34.2. The van der Waals surface area contributed by atoms with Crippen LogP contribution in [0.3, 0.4) is 0 Å². The number of rotatable bonds is 24. The zero-order valence-electron chi connectivity index (χ0n) is 22.8. The summed E-state index contributed by atoms with van der Waals surface area (Å²) >= 11 is 0. The van der Waals surface area contributed by atoms with Crippen LogP contribution in [0.4, 0.5) is 0 Å². The third kappa shape index (κ3) is 26.1. The van der Waals surface area contributed by atoms with Crippen molar-refractivity contribution in [2.24, 2.45) is 0 Å². The van der Waals surface area contributed by atoms with E-state index in [4.69, 9.17) is 13.8 Å².